The summed E-state index contributed by atoms with van der Waals surface area (Å²) >= 11 is 0. The molecule has 4 nitrogen and oxygen atoms in total. The number of hydrogen-bond acceptors (Lipinski definition) is 4. The van der Waals surface area contributed by atoms with Crippen molar-refractivity contribution in [2.75, 3.05) is 0 Å². The van der Waals surface area contributed by atoms with E-state index in [-0.39, 0.29) is 5.92 Å². The third kappa shape index (κ3) is 5.15. The number of fused-ring (bicyclic) bond motifs is 8. The van der Waals surface area contributed by atoms with Gasteiger partial charge in [-0.3, -0.25) is 0 Å². The van der Waals surface area contributed by atoms with Crippen LogP contribution < -0.4 is 0 Å². The van der Waals surface area contributed by atoms with Gasteiger partial charge in [0.15, 0.2) is 17.5 Å². The van der Waals surface area contributed by atoms with Crippen LogP contribution in [0.5, 0.6) is 0 Å². The Balaban J connectivity index is 1.17. The van der Waals surface area contributed by atoms with Gasteiger partial charge in [0, 0.05) is 17.0 Å². The summed E-state index contributed by atoms with van der Waals surface area (Å²) in [5, 5.41) is 9.69. The lowest BCUT2D eigenvalue weighted by molar-refractivity contribution is 0.750. The molecule has 0 amide bonds. The summed E-state index contributed by atoms with van der Waals surface area (Å²) in [5.41, 5.74) is 6.28. The highest BCUT2D eigenvalue weighted by molar-refractivity contribution is 6.25. The van der Waals surface area contributed by atoms with Crippen LogP contribution in [0.4, 0.5) is 5.69 Å². The molecule has 0 saturated carbocycles. The number of rotatable bonds is 4. The van der Waals surface area contributed by atoms with E-state index < -0.39 is 0 Å². The monoisotopic (exact) mass is 652 g/mol. The predicted octanol–water partition coefficient (Wildman–Crippen LogP) is 11.9. The van der Waals surface area contributed by atoms with Crippen molar-refractivity contribution in [1.82, 2.24) is 15.0 Å². The fourth-order valence-electron chi connectivity index (χ4n) is 7.85. The molecule has 0 bridgehead atoms. The van der Waals surface area contributed by atoms with Crippen molar-refractivity contribution in [1.29, 1.82) is 0 Å². The van der Waals surface area contributed by atoms with E-state index in [1.807, 2.05) is 0 Å². The van der Waals surface area contributed by atoms with Crippen LogP contribution in [-0.2, 0) is 0 Å². The van der Waals surface area contributed by atoms with E-state index in [0.717, 1.165) is 40.8 Å². The van der Waals surface area contributed by atoms with Crippen molar-refractivity contribution in [3.63, 3.8) is 0 Å². The fourth-order valence-corrected chi connectivity index (χ4v) is 7.85. The molecule has 10 rings (SSSR count). The second-order valence-corrected chi connectivity index (χ2v) is 13.3. The first-order valence-electron chi connectivity index (χ1n) is 17.6. The zero-order valence-electron chi connectivity index (χ0n) is 27.9. The Bertz CT molecular complexity index is 2790. The topological polar surface area (TPSA) is 51.0 Å². The predicted molar refractivity (Wildman–Crippen MR) is 211 cm³/mol. The van der Waals surface area contributed by atoms with Crippen molar-refractivity contribution in [3.8, 4) is 22.8 Å². The number of para-hydroxylation sites is 1. The lowest BCUT2D eigenvalue weighted by Gasteiger charge is -2.17. The van der Waals surface area contributed by atoms with E-state index in [1.54, 1.807) is 0 Å². The van der Waals surface area contributed by atoms with Gasteiger partial charge in [-0.05, 0) is 85.3 Å². The first kappa shape index (κ1) is 29.4. The van der Waals surface area contributed by atoms with E-state index in [0.29, 0.717) is 17.5 Å². The molecule has 2 heterocycles. The summed E-state index contributed by atoms with van der Waals surface area (Å²) < 4.78 is 0. The van der Waals surface area contributed by atoms with E-state index in [1.165, 1.54) is 48.8 Å². The van der Waals surface area contributed by atoms with E-state index in [9.17, 15) is 0 Å². The smallest absolute Gasteiger partial charge is 0.178 e. The normalized spacial score (nSPS) is 14.4. The first-order valence-corrected chi connectivity index (χ1v) is 17.6. The number of hydrogen-bond donors (Lipinski definition) is 0. The third-order valence-electron chi connectivity index (χ3n) is 10.3. The van der Waals surface area contributed by atoms with Gasteiger partial charge in [0.05, 0.1) is 11.4 Å². The van der Waals surface area contributed by atoms with E-state index >= 15 is 0 Å². The van der Waals surface area contributed by atoms with Crippen molar-refractivity contribution in [3.05, 3.63) is 181 Å². The average Bonchev–Trinajstić information content (AvgIpc) is 3.41. The standard InChI is InChI=1S/C47H32N4/c1-2-13-31(14-3-1)35-26-27-44(48-43-21-11-10-20-41(35)43)47-50-45(33-23-22-30-12-4-5-15-32(30)28-33)49-46(51-47)34-24-25-40-38-18-7-6-16-36(38)37-17-8-9-19-39(37)42(40)29-34/h1-25,28-29,35H,26-27H2. The van der Waals surface area contributed by atoms with E-state index in [2.05, 4.69) is 164 Å². The highest BCUT2D eigenvalue weighted by Gasteiger charge is 2.24. The van der Waals surface area contributed by atoms with Crippen molar-refractivity contribution >= 4 is 54.5 Å². The highest BCUT2D eigenvalue weighted by atomic mass is 15.0. The maximum absolute atomic E-state index is 5.29. The Morgan fingerprint density at radius 2 is 0.961 bits per heavy atom. The largest absolute Gasteiger partial charge is 0.249 e. The van der Waals surface area contributed by atoms with Gasteiger partial charge >= 0.3 is 0 Å². The SMILES string of the molecule is c1ccc(C2CCC(c3nc(-c4ccc5ccccc5c4)nc(-c4ccc5c6ccccc6c6ccccc6c5c4)n3)=Nc3ccccc32)cc1. The van der Waals surface area contributed by atoms with Gasteiger partial charge in [-0.15, -0.1) is 0 Å². The molecule has 4 heteroatoms. The van der Waals surface area contributed by atoms with Gasteiger partial charge < -0.3 is 0 Å². The number of aliphatic imine (C=N–C) groups is 1. The molecule has 1 aliphatic rings. The van der Waals surface area contributed by atoms with Crippen LogP contribution in [0.1, 0.15) is 35.7 Å². The summed E-state index contributed by atoms with van der Waals surface area (Å²) in [7, 11) is 0. The first-order chi connectivity index (χ1) is 25.3. The van der Waals surface area contributed by atoms with Gasteiger partial charge in [0.2, 0.25) is 0 Å². The Hall–Kier alpha value is -6.52. The van der Waals surface area contributed by atoms with Gasteiger partial charge in [-0.2, -0.15) is 0 Å². The minimum atomic E-state index is 0.230. The average molecular weight is 653 g/mol. The van der Waals surface area contributed by atoms with Gasteiger partial charge in [0.1, 0.15) is 0 Å². The Morgan fingerprint density at radius 1 is 0.412 bits per heavy atom. The number of aromatic nitrogens is 3. The maximum atomic E-state index is 5.29. The molecule has 0 aliphatic carbocycles. The molecular formula is C47H32N4. The molecular weight excluding hydrogens is 621 g/mol. The van der Waals surface area contributed by atoms with Crippen LogP contribution in [0.3, 0.4) is 0 Å². The van der Waals surface area contributed by atoms with Crippen LogP contribution >= 0.6 is 0 Å². The minimum absolute atomic E-state index is 0.230. The third-order valence-corrected chi connectivity index (χ3v) is 10.3. The Morgan fingerprint density at radius 3 is 1.71 bits per heavy atom. The molecule has 0 saturated heterocycles. The van der Waals surface area contributed by atoms with Gasteiger partial charge in [-0.25, -0.2) is 19.9 Å². The molecule has 0 spiro atoms. The highest BCUT2D eigenvalue weighted by Crippen LogP contribution is 2.40. The maximum Gasteiger partial charge on any atom is 0.178 e. The second-order valence-electron chi connectivity index (χ2n) is 13.3. The number of nitrogens with zero attached hydrogens (tertiary/aromatic N) is 4. The van der Waals surface area contributed by atoms with Crippen LogP contribution in [0, 0.1) is 0 Å². The zero-order chi connectivity index (χ0) is 33.7. The van der Waals surface area contributed by atoms with Crippen LogP contribution in [-0.4, -0.2) is 20.7 Å². The molecule has 0 N–H and O–H groups in total. The summed E-state index contributed by atoms with van der Waals surface area (Å²) in [4.78, 5) is 20.9. The molecule has 51 heavy (non-hydrogen) atoms. The molecule has 1 aliphatic heterocycles. The number of benzene rings is 8. The summed E-state index contributed by atoms with van der Waals surface area (Å²) in [6.07, 6.45) is 1.64. The van der Waals surface area contributed by atoms with Crippen LogP contribution in [0.15, 0.2) is 169 Å². The molecule has 1 unspecified atom stereocenters. The summed E-state index contributed by atoms with van der Waals surface area (Å²) in [5.74, 6) is 2.13. The quantitative estimate of drug-likeness (QED) is 0.178. The molecule has 1 aromatic heterocycles. The summed E-state index contributed by atoms with van der Waals surface area (Å²) in [6.45, 7) is 0. The molecule has 0 radical (unpaired) electrons. The Kier molecular flexibility index (Phi) is 6.98. The van der Waals surface area contributed by atoms with E-state index in [4.69, 9.17) is 19.9 Å². The molecule has 0 fully saturated rings. The summed E-state index contributed by atoms with van der Waals surface area (Å²) in [6, 6.07) is 58.1. The molecule has 1 atom stereocenters. The lowest BCUT2D eigenvalue weighted by Crippen LogP contribution is -2.11. The van der Waals surface area contributed by atoms with Crippen LogP contribution in [0.25, 0.3) is 65.9 Å². The minimum Gasteiger partial charge on any atom is -0.249 e. The molecule has 9 aromatic rings. The van der Waals surface area contributed by atoms with Gasteiger partial charge in [-0.1, -0.05) is 146 Å². The van der Waals surface area contributed by atoms with Crippen molar-refractivity contribution in [2.45, 2.75) is 18.8 Å². The molecule has 8 aromatic carbocycles. The Labute approximate surface area is 295 Å². The fraction of sp³-hybridized carbons (Fsp3) is 0.0638. The van der Waals surface area contributed by atoms with Gasteiger partial charge in [0.25, 0.3) is 0 Å². The van der Waals surface area contributed by atoms with Crippen molar-refractivity contribution in [2.24, 2.45) is 4.99 Å². The lowest BCUT2D eigenvalue weighted by atomic mass is 9.87. The van der Waals surface area contributed by atoms with Crippen LogP contribution in [0.2, 0.25) is 0 Å². The second kappa shape index (κ2) is 12.1. The molecule has 240 valence electrons. The zero-order valence-corrected chi connectivity index (χ0v) is 27.9. The van der Waals surface area contributed by atoms with Crippen molar-refractivity contribution < 1.29 is 0 Å².